The Kier molecular flexibility index (Phi) is 9.59. The van der Waals surface area contributed by atoms with Crippen LogP contribution < -0.4 is 24.4 Å². The van der Waals surface area contributed by atoms with Gasteiger partial charge in [-0.25, -0.2) is 9.69 Å². The van der Waals surface area contributed by atoms with E-state index in [0.29, 0.717) is 52.8 Å². The minimum absolute atomic E-state index is 0.205. The molecule has 0 aliphatic carbocycles. The van der Waals surface area contributed by atoms with Gasteiger partial charge in [-0.2, -0.15) is 0 Å². The summed E-state index contributed by atoms with van der Waals surface area (Å²) in [4.78, 5) is 40.3. The second-order valence-electron chi connectivity index (χ2n) is 11.4. The lowest BCUT2D eigenvalue weighted by Crippen LogP contribution is -2.54. The van der Waals surface area contributed by atoms with Crippen LogP contribution in [0.5, 0.6) is 17.2 Å². The third-order valence-corrected chi connectivity index (χ3v) is 8.59. The number of urea groups is 1. The second-order valence-corrected chi connectivity index (χ2v) is 12.2. The van der Waals surface area contributed by atoms with E-state index in [4.69, 9.17) is 14.2 Å². The number of carbonyl (C=O) groups excluding carboxylic acids is 3. The normalized spacial score (nSPS) is 14.0. The van der Waals surface area contributed by atoms with Crippen LogP contribution in [0.2, 0.25) is 0 Å². The van der Waals surface area contributed by atoms with Crippen LogP contribution in [0.1, 0.15) is 34.7 Å². The summed E-state index contributed by atoms with van der Waals surface area (Å²) < 4.78 is 18.7. The van der Waals surface area contributed by atoms with Crippen molar-refractivity contribution in [2.75, 3.05) is 11.5 Å². The molecule has 1 saturated heterocycles. The number of ether oxygens (including phenoxy) is 3. The summed E-state index contributed by atoms with van der Waals surface area (Å²) in [6.45, 7) is 6.97. The van der Waals surface area contributed by atoms with Crippen molar-refractivity contribution in [3.8, 4) is 17.2 Å². The Labute approximate surface area is 287 Å². The van der Waals surface area contributed by atoms with Gasteiger partial charge in [-0.3, -0.25) is 14.9 Å². The average Bonchev–Trinajstić information content (AvgIpc) is 3.07. The number of nitrogens with zero attached hydrogens (tertiary/aromatic N) is 1. The van der Waals surface area contributed by atoms with Gasteiger partial charge in [-0.05, 0) is 107 Å². The molecule has 0 aromatic heterocycles. The molecule has 5 aromatic rings. The summed E-state index contributed by atoms with van der Waals surface area (Å²) >= 11 is 3.60. The standard InChI is InChI=1S/C39H33BrN2O6/c1-4-46-35-21-27(20-34(40)36(35)48-23-33-25(3)11-14-28-7-5-6-8-31(28)33)19-32-37(43)41-39(45)42(38(32)44)29-15-17-30(18-16-29)47-22-26-12-9-24(2)10-13-26/h5-21H,4,22-23H2,1-3H3,(H,41,43,45)/b32-19+. The van der Waals surface area contributed by atoms with Crippen LogP contribution in [-0.4, -0.2) is 24.5 Å². The van der Waals surface area contributed by atoms with E-state index < -0.39 is 17.8 Å². The Morgan fingerprint density at radius 1 is 0.812 bits per heavy atom. The van der Waals surface area contributed by atoms with E-state index >= 15 is 0 Å². The fraction of sp³-hybridized carbons (Fsp3) is 0.154. The molecule has 0 unspecified atom stereocenters. The van der Waals surface area contributed by atoms with E-state index in [2.05, 4.69) is 45.5 Å². The smallest absolute Gasteiger partial charge is 0.335 e. The number of imide groups is 2. The zero-order valence-electron chi connectivity index (χ0n) is 26.7. The molecule has 8 nitrogen and oxygen atoms in total. The molecule has 4 amide bonds. The van der Waals surface area contributed by atoms with E-state index in [1.165, 1.54) is 6.08 Å². The highest BCUT2D eigenvalue weighted by atomic mass is 79.9. The van der Waals surface area contributed by atoms with Gasteiger partial charge in [0.25, 0.3) is 11.8 Å². The summed E-state index contributed by atoms with van der Waals surface area (Å²) in [5.74, 6) is -0.0398. The Morgan fingerprint density at radius 2 is 1.56 bits per heavy atom. The van der Waals surface area contributed by atoms with Gasteiger partial charge < -0.3 is 14.2 Å². The van der Waals surface area contributed by atoms with Crippen LogP contribution in [0.4, 0.5) is 10.5 Å². The van der Waals surface area contributed by atoms with Crippen molar-refractivity contribution >= 4 is 56.3 Å². The van der Waals surface area contributed by atoms with Crippen LogP contribution in [0.25, 0.3) is 16.8 Å². The van der Waals surface area contributed by atoms with Gasteiger partial charge in [0.1, 0.15) is 24.5 Å². The maximum absolute atomic E-state index is 13.6. The Hall–Kier alpha value is -5.41. The maximum Gasteiger partial charge on any atom is 0.335 e. The topological polar surface area (TPSA) is 94.2 Å². The number of hydrogen-bond acceptors (Lipinski definition) is 6. The van der Waals surface area contributed by atoms with Crippen LogP contribution in [0, 0.1) is 13.8 Å². The largest absolute Gasteiger partial charge is 0.490 e. The van der Waals surface area contributed by atoms with Gasteiger partial charge in [0, 0.05) is 5.56 Å². The van der Waals surface area contributed by atoms with Crippen molar-refractivity contribution in [1.29, 1.82) is 0 Å². The number of hydrogen-bond donors (Lipinski definition) is 1. The molecule has 1 heterocycles. The third kappa shape index (κ3) is 6.96. The number of aryl methyl sites for hydroxylation is 2. The van der Waals surface area contributed by atoms with Gasteiger partial charge in [0.05, 0.1) is 16.8 Å². The molecule has 242 valence electrons. The Morgan fingerprint density at radius 3 is 2.31 bits per heavy atom. The van der Waals surface area contributed by atoms with Gasteiger partial charge in [-0.1, -0.05) is 66.2 Å². The lowest BCUT2D eigenvalue weighted by atomic mass is 10.0. The van der Waals surface area contributed by atoms with Gasteiger partial charge >= 0.3 is 6.03 Å². The summed E-state index contributed by atoms with van der Waals surface area (Å²) in [5, 5.41) is 4.51. The highest BCUT2D eigenvalue weighted by Crippen LogP contribution is 2.39. The molecule has 0 spiro atoms. The summed E-state index contributed by atoms with van der Waals surface area (Å²) in [6.07, 6.45) is 1.43. The number of barbiturate groups is 1. The second kappa shape index (κ2) is 14.1. The van der Waals surface area contributed by atoms with E-state index in [9.17, 15) is 14.4 Å². The molecule has 1 N–H and O–H groups in total. The predicted molar refractivity (Wildman–Crippen MR) is 189 cm³/mol. The van der Waals surface area contributed by atoms with Crippen LogP contribution in [0.3, 0.4) is 0 Å². The Bertz CT molecular complexity index is 2050. The molecule has 1 fully saturated rings. The zero-order chi connectivity index (χ0) is 33.8. The molecule has 5 aromatic carbocycles. The molecule has 48 heavy (non-hydrogen) atoms. The first-order valence-electron chi connectivity index (χ1n) is 15.5. The third-order valence-electron chi connectivity index (χ3n) is 8.00. The van der Waals surface area contributed by atoms with Crippen molar-refractivity contribution in [2.24, 2.45) is 0 Å². The van der Waals surface area contributed by atoms with E-state index in [1.807, 2.05) is 57.2 Å². The van der Waals surface area contributed by atoms with Crippen molar-refractivity contribution in [3.63, 3.8) is 0 Å². The van der Waals surface area contributed by atoms with Crippen molar-refractivity contribution in [1.82, 2.24) is 5.32 Å². The molecular weight excluding hydrogens is 672 g/mol. The molecule has 1 aliphatic heterocycles. The molecule has 0 atom stereocenters. The highest BCUT2D eigenvalue weighted by Gasteiger charge is 2.37. The first-order valence-corrected chi connectivity index (χ1v) is 16.3. The molecule has 0 radical (unpaired) electrons. The van der Waals surface area contributed by atoms with E-state index in [1.54, 1.807) is 36.4 Å². The maximum atomic E-state index is 13.6. The van der Waals surface area contributed by atoms with Gasteiger partial charge in [0.2, 0.25) is 0 Å². The van der Waals surface area contributed by atoms with Crippen LogP contribution in [0.15, 0.2) is 107 Å². The summed E-state index contributed by atoms with van der Waals surface area (Å²) in [5.41, 5.74) is 4.94. The summed E-state index contributed by atoms with van der Waals surface area (Å²) in [7, 11) is 0. The van der Waals surface area contributed by atoms with Crippen molar-refractivity contribution in [3.05, 3.63) is 135 Å². The zero-order valence-corrected chi connectivity index (χ0v) is 28.3. The monoisotopic (exact) mass is 704 g/mol. The Balaban J connectivity index is 1.23. The lowest BCUT2D eigenvalue weighted by Gasteiger charge is -2.26. The van der Waals surface area contributed by atoms with Gasteiger partial charge in [0.15, 0.2) is 11.5 Å². The van der Waals surface area contributed by atoms with Crippen molar-refractivity contribution < 1.29 is 28.6 Å². The number of halogens is 1. The fourth-order valence-corrected chi connectivity index (χ4v) is 6.03. The molecule has 0 bridgehead atoms. The molecule has 1 aliphatic rings. The fourth-order valence-electron chi connectivity index (χ4n) is 5.46. The molecule has 6 rings (SSSR count). The van der Waals surface area contributed by atoms with E-state index in [0.717, 1.165) is 37.9 Å². The minimum Gasteiger partial charge on any atom is -0.490 e. The number of benzene rings is 5. The van der Waals surface area contributed by atoms with Crippen molar-refractivity contribution in [2.45, 2.75) is 34.0 Å². The van der Waals surface area contributed by atoms with Gasteiger partial charge in [-0.15, -0.1) is 0 Å². The number of rotatable bonds is 10. The lowest BCUT2D eigenvalue weighted by molar-refractivity contribution is -0.122. The first-order chi connectivity index (χ1) is 23.2. The quantitative estimate of drug-likeness (QED) is 0.116. The number of anilines is 1. The molecule has 0 saturated carbocycles. The summed E-state index contributed by atoms with van der Waals surface area (Å²) in [6, 6.07) is 29.5. The first kappa shape index (κ1) is 32.5. The molecule has 9 heteroatoms. The molecular formula is C39H33BrN2O6. The number of carbonyl (C=O) groups is 3. The number of fused-ring (bicyclic) bond motifs is 1. The average molecular weight is 706 g/mol. The number of nitrogens with one attached hydrogen (secondary N) is 1. The predicted octanol–water partition coefficient (Wildman–Crippen LogP) is 8.44. The SMILES string of the molecule is CCOc1cc(/C=C2\C(=O)NC(=O)N(c3ccc(OCc4ccc(C)cc4)cc3)C2=O)cc(Br)c1OCc1c(C)ccc2ccccc12. The number of amides is 4. The highest BCUT2D eigenvalue weighted by molar-refractivity contribution is 9.10. The van der Waals surface area contributed by atoms with Crippen LogP contribution >= 0.6 is 15.9 Å². The van der Waals surface area contributed by atoms with E-state index in [-0.39, 0.29) is 5.57 Å². The van der Waals surface area contributed by atoms with Crippen LogP contribution in [-0.2, 0) is 22.8 Å². The minimum atomic E-state index is -0.834.